The Kier molecular flexibility index (Phi) is 10.2. The molecule has 0 aliphatic carbocycles. The summed E-state index contributed by atoms with van der Waals surface area (Å²) in [5, 5.41) is 8.62. The summed E-state index contributed by atoms with van der Waals surface area (Å²) in [6, 6.07) is 12.8. The lowest BCUT2D eigenvalue weighted by molar-refractivity contribution is 0.0773. The molecule has 1 aliphatic heterocycles. The zero-order valence-corrected chi connectivity index (χ0v) is 22.5. The summed E-state index contributed by atoms with van der Waals surface area (Å²) in [7, 11) is 0. The van der Waals surface area contributed by atoms with E-state index < -0.39 is 0 Å². The quantitative estimate of drug-likeness (QED) is 0.479. The van der Waals surface area contributed by atoms with Crippen molar-refractivity contribution in [1.29, 1.82) is 0 Å². The van der Waals surface area contributed by atoms with Crippen LogP contribution >= 0.6 is 0 Å². The second-order valence-electron chi connectivity index (χ2n) is 9.21. The molecule has 37 heavy (non-hydrogen) atoms. The van der Waals surface area contributed by atoms with Crippen LogP contribution in [0.5, 0.6) is 0 Å². The Morgan fingerprint density at radius 3 is 2.24 bits per heavy atom. The van der Waals surface area contributed by atoms with E-state index in [1.807, 2.05) is 69.0 Å². The number of hydrogen-bond donors (Lipinski definition) is 3. The van der Waals surface area contributed by atoms with E-state index in [9.17, 15) is 14.4 Å². The highest BCUT2D eigenvalue weighted by Gasteiger charge is 2.24. The number of benzene rings is 2. The number of nitrogens with zero attached hydrogens (tertiary/aromatic N) is 3. The summed E-state index contributed by atoms with van der Waals surface area (Å²) in [5.41, 5.74) is 3.85. The SMILES string of the molecule is CCCNC(=O)Nc1ccc(N2CCCN(C(=O)Nc3ccc(C)cc3)CC2)c(C(=O)N(CC)CC)c1. The minimum absolute atomic E-state index is 0.0733. The first kappa shape index (κ1) is 27.8. The lowest BCUT2D eigenvalue weighted by Crippen LogP contribution is -2.38. The molecule has 9 nitrogen and oxygen atoms in total. The molecule has 2 aromatic carbocycles. The lowest BCUT2D eigenvalue weighted by Gasteiger charge is -2.28. The Labute approximate surface area is 220 Å². The van der Waals surface area contributed by atoms with Crippen LogP contribution in [0.1, 0.15) is 49.5 Å². The molecule has 0 atom stereocenters. The summed E-state index contributed by atoms with van der Waals surface area (Å²) in [4.78, 5) is 44.3. The van der Waals surface area contributed by atoms with Crippen LogP contribution in [0.2, 0.25) is 0 Å². The predicted octanol–water partition coefficient (Wildman–Crippen LogP) is 4.75. The molecule has 0 bridgehead atoms. The smallest absolute Gasteiger partial charge is 0.321 e. The number of carbonyl (C=O) groups is 3. The molecule has 3 N–H and O–H groups in total. The van der Waals surface area contributed by atoms with E-state index in [-0.39, 0.29) is 18.0 Å². The van der Waals surface area contributed by atoms with Gasteiger partial charge in [0.2, 0.25) is 0 Å². The van der Waals surface area contributed by atoms with Gasteiger partial charge < -0.3 is 30.7 Å². The molecule has 0 spiro atoms. The maximum Gasteiger partial charge on any atom is 0.321 e. The van der Waals surface area contributed by atoms with Crippen LogP contribution in [0.15, 0.2) is 42.5 Å². The fourth-order valence-corrected chi connectivity index (χ4v) is 4.36. The first-order chi connectivity index (χ1) is 17.9. The fourth-order valence-electron chi connectivity index (χ4n) is 4.36. The van der Waals surface area contributed by atoms with Gasteiger partial charge in [0.1, 0.15) is 0 Å². The summed E-state index contributed by atoms with van der Waals surface area (Å²) in [6.07, 6.45) is 1.62. The maximum absolute atomic E-state index is 13.5. The van der Waals surface area contributed by atoms with Crippen LogP contribution in [-0.4, -0.2) is 73.6 Å². The Balaban J connectivity index is 1.77. The van der Waals surface area contributed by atoms with Crippen molar-refractivity contribution in [1.82, 2.24) is 15.1 Å². The van der Waals surface area contributed by atoms with Gasteiger partial charge in [-0.15, -0.1) is 0 Å². The van der Waals surface area contributed by atoms with Crippen LogP contribution in [0.25, 0.3) is 0 Å². The normalized spacial score (nSPS) is 13.5. The van der Waals surface area contributed by atoms with Crippen LogP contribution in [0.3, 0.4) is 0 Å². The molecule has 1 saturated heterocycles. The molecular formula is C28H40N6O3. The highest BCUT2D eigenvalue weighted by atomic mass is 16.2. The van der Waals surface area contributed by atoms with Gasteiger partial charge in [0, 0.05) is 62.9 Å². The predicted molar refractivity (Wildman–Crippen MR) is 150 cm³/mol. The first-order valence-corrected chi connectivity index (χ1v) is 13.2. The molecule has 1 aliphatic rings. The van der Waals surface area contributed by atoms with Crippen LogP contribution in [0, 0.1) is 6.92 Å². The van der Waals surface area contributed by atoms with Crippen molar-refractivity contribution in [2.75, 3.05) is 61.3 Å². The third kappa shape index (κ3) is 7.62. The first-order valence-electron chi connectivity index (χ1n) is 13.2. The molecule has 3 rings (SSSR count). The second-order valence-corrected chi connectivity index (χ2v) is 9.21. The zero-order valence-electron chi connectivity index (χ0n) is 22.5. The monoisotopic (exact) mass is 508 g/mol. The molecule has 0 aromatic heterocycles. The molecule has 5 amide bonds. The number of hydrogen-bond acceptors (Lipinski definition) is 4. The minimum atomic E-state index is -0.291. The largest absolute Gasteiger partial charge is 0.369 e. The van der Waals surface area contributed by atoms with Crippen molar-refractivity contribution in [3.8, 4) is 0 Å². The van der Waals surface area contributed by atoms with E-state index in [2.05, 4.69) is 20.9 Å². The van der Waals surface area contributed by atoms with Crippen LogP contribution in [-0.2, 0) is 0 Å². The number of carbonyl (C=O) groups excluding carboxylic acids is 3. The highest BCUT2D eigenvalue weighted by Crippen LogP contribution is 2.27. The van der Waals surface area contributed by atoms with Crippen LogP contribution < -0.4 is 20.9 Å². The summed E-state index contributed by atoms with van der Waals surface area (Å²) in [5.74, 6) is -0.0733. The van der Waals surface area contributed by atoms with Crippen molar-refractivity contribution in [3.05, 3.63) is 53.6 Å². The van der Waals surface area contributed by atoms with E-state index >= 15 is 0 Å². The summed E-state index contributed by atoms with van der Waals surface area (Å²) in [6.45, 7) is 12.2. The van der Waals surface area contributed by atoms with E-state index in [0.717, 1.165) is 36.3 Å². The Bertz CT molecular complexity index is 1070. The number of nitrogens with one attached hydrogen (secondary N) is 3. The van der Waals surface area contributed by atoms with Gasteiger partial charge in [0.05, 0.1) is 5.56 Å². The summed E-state index contributed by atoms with van der Waals surface area (Å²) >= 11 is 0. The molecule has 200 valence electrons. The second kappa shape index (κ2) is 13.5. The van der Waals surface area contributed by atoms with Crippen LogP contribution in [0.4, 0.5) is 26.7 Å². The highest BCUT2D eigenvalue weighted by molar-refractivity contribution is 6.02. The molecule has 0 unspecified atom stereocenters. The molecule has 1 heterocycles. The van der Waals surface area contributed by atoms with Crippen molar-refractivity contribution in [3.63, 3.8) is 0 Å². The maximum atomic E-state index is 13.5. The standard InChI is InChI=1S/C28H40N6O3/c1-5-15-29-27(36)30-23-13-14-25(24(20-23)26(35)32(6-2)7-3)33-16-8-17-34(19-18-33)28(37)31-22-11-9-21(4)10-12-22/h9-14,20H,5-8,15-19H2,1-4H3,(H,31,37)(H2,29,30,36). The van der Waals surface area contributed by atoms with Gasteiger partial charge in [-0.25, -0.2) is 9.59 Å². The van der Waals surface area contributed by atoms with E-state index in [1.165, 1.54) is 0 Å². The average Bonchev–Trinajstić information content (AvgIpc) is 3.16. The van der Waals surface area contributed by atoms with Crippen molar-refractivity contribution >= 4 is 35.0 Å². The molecule has 1 fully saturated rings. The van der Waals surface area contributed by atoms with Gasteiger partial charge >= 0.3 is 12.1 Å². The molecule has 0 radical (unpaired) electrons. The van der Waals surface area contributed by atoms with Crippen molar-refractivity contribution in [2.45, 2.75) is 40.5 Å². The Morgan fingerprint density at radius 2 is 1.57 bits per heavy atom. The number of anilines is 3. The topological polar surface area (TPSA) is 97.0 Å². The summed E-state index contributed by atoms with van der Waals surface area (Å²) < 4.78 is 0. The van der Waals surface area contributed by atoms with Gasteiger partial charge in [0.25, 0.3) is 5.91 Å². The van der Waals surface area contributed by atoms with Gasteiger partial charge in [-0.3, -0.25) is 4.79 Å². The molecule has 2 aromatic rings. The minimum Gasteiger partial charge on any atom is -0.369 e. The van der Waals surface area contributed by atoms with Gasteiger partial charge in [0.15, 0.2) is 0 Å². The Morgan fingerprint density at radius 1 is 0.865 bits per heavy atom. The Hall–Kier alpha value is -3.75. The lowest BCUT2D eigenvalue weighted by atomic mass is 10.1. The van der Waals surface area contributed by atoms with E-state index in [1.54, 1.807) is 11.0 Å². The third-order valence-corrected chi connectivity index (χ3v) is 6.50. The van der Waals surface area contributed by atoms with E-state index in [0.29, 0.717) is 50.5 Å². The molecule has 9 heteroatoms. The number of aryl methyl sites for hydroxylation is 1. The number of urea groups is 2. The van der Waals surface area contributed by atoms with Gasteiger partial charge in [-0.1, -0.05) is 24.6 Å². The third-order valence-electron chi connectivity index (χ3n) is 6.50. The van der Waals surface area contributed by atoms with E-state index in [4.69, 9.17) is 0 Å². The number of amides is 5. The fraction of sp³-hybridized carbons (Fsp3) is 0.464. The molecule has 0 saturated carbocycles. The zero-order chi connectivity index (χ0) is 26.8. The van der Waals surface area contributed by atoms with Crippen molar-refractivity contribution < 1.29 is 14.4 Å². The number of rotatable bonds is 8. The van der Waals surface area contributed by atoms with Crippen molar-refractivity contribution in [2.24, 2.45) is 0 Å². The van der Waals surface area contributed by atoms with Gasteiger partial charge in [-0.05, 0) is 63.9 Å². The average molecular weight is 509 g/mol. The molecular weight excluding hydrogens is 468 g/mol. The van der Waals surface area contributed by atoms with Gasteiger partial charge in [-0.2, -0.15) is 0 Å².